The second-order valence-corrected chi connectivity index (χ2v) is 4.29. The smallest absolute Gasteiger partial charge is 0.168 e. The molecule has 92 valence electrons. The summed E-state index contributed by atoms with van der Waals surface area (Å²) in [4.78, 5) is 14.8. The average Bonchev–Trinajstić information content (AvgIpc) is 2.38. The second-order valence-electron chi connectivity index (χ2n) is 3.88. The first-order chi connectivity index (χ1) is 8.31. The van der Waals surface area contributed by atoms with Gasteiger partial charge in [-0.3, -0.25) is 9.78 Å². The maximum Gasteiger partial charge on any atom is 0.168 e. The Morgan fingerprint density at radius 3 is 3.18 bits per heavy atom. The molecule has 0 saturated carbocycles. The minimum absolute atomic E-state index is 0.195. The zero-order valence-electron chi connectivity index (χ0n) is 9.39. The Morgan fingerprint density at radius 1 is 1.59 bits per heavy atom. The van der Waals surface area contributed by atoms with Crippen molar-refractivity contribution in [1.82, 2.24) is 4.98 Å². The van der Waals surface area contributed by atoms with Gasteiger partial charge in [0.25, 0.3) is 0 Å². The van der Waals surface area contributed by atoms with E-state index >= 15 is 0 Å². The van der Waals surface area contributed by atoms with E-state index in [4.69, 9.17) is 21.1 Å². The van der Waals surface area contributed by atoms with Gasteiger partial charge in [0.05, 0.1) is 6.61 Å². The van der Waals surface area contributed by atoms with Crippen molar-refractivity contribution in [2.45, 2.75) is 32.2 Å². The molecule has 4 nitrogen and oxygen atoms in total. The minimum Gasteiger partial charge on any atom is -0.353 e. The van der Waals surface area contributed by atoms with Gasteiger partial charge < -0.3 is 9.47 Å². The highest BCUT2D eigenvalue weighted by Crippen LogP contribution is 2.21. The molecule has 1 aliphatic heterocycles. The molecule has 2 heterocycles. The number of carbonyl (C=O) groups excluding carboxylic acids is 1. The second kappa shape index (κ2) is 6.10. The number of carbonyl (C=O) groups is 1. The molecule has 1 aromatic rings. The lowest BCUT2D eigenvalue weighted by atomic mass is 10.2. The van der Waals surface area contributed by atoms with Crippen molar-refractivity contribution < 1.29 is 14.3 Å². The van der Waals surface area contributed by atoms with Crippen molar-refractivity contribution in [2.24, 2.45) is 0 Å². The van der Waals surface area contributed by atoms with Crippen molar-refractivity contribution in [3.05, 3.63) is 28.5 Å². The van der Waals surface area contributed by atoms with E-state index in [1.807, 2.05) is 0 Å². The van der Waals surface area contributed by atoms with E-state index in [2.05, 4.69) is 4.98 Å². The fraction of sp³-hybridized carbons (Fsp3) is 0.500. The monoisotopic (exact) mass is 255 g/mol. The first-order valence-corrected chi connectivity index (χ1v) is 6.01. The number of rotatable bonds is 4. The molecule has 0 N–H and O–H groups in total. The van der Waals surface area contributed by atoms with Crippen LogP contribution in [0.4, 0.5) is 0 Å². The van der Waals surface area contributed by atoms with Gasteiger partial charge in [0, 0.05) is 23.4 Å². The van der Waals surface area contributed by atoms with Gasteiger partial charge in [-0.25, -0.2) is 0 Å². The van der Waals surface area contributed by atoms with Crippen LogP contribution >= 0.6 is 11.6 Å². The molecule has 1 saturated heterocycles. The maximum absolute atomic E-state index is 10.8. The molecule has 5 heteroatoms. The number of halogens is 1. The van der Waals surface area contributed by atoms with Crippen molar-refractivity contribution in [3.63, 3.8) is 0 Å². The van der Waals surface area contributed by atoms with Gasteiger partial charge in [-0.1, -0.05) is 11.6 Å². The largest absolute Gasteiger partial charge is 0.353 e. The molecular formula is C12H14ClNO3. The van der Waals surface area contributed by atoms with Crippen LogP contribution in [0.3, 0.4) is 0 Å². The molecule has 0 radical (unpaired) electrons. The molecule has 0 spiro atoms. The van der Waals surface area contributed by atoms with Crippen LogP contribution in [-0.4, -0.2) is 24.2 Å². The number of aromatic nitrogens is 1. The minimum atomic E-state index is -0.195. The van der Waals surface area contributed by atoms with Crippen LogP contribution in [0.2, 0.25) is 5.02 Å². The lowest BCUT2D eigenvalue weighted by Gasteiger charge is -2.23. The van der Waals surface area contributed by atoms with E-state index in [0.717, 1.165) is 25.9 Å². The fourth-order valence-corrected chi connectivity index (χ4v) is 1.95. The highest BCUT2D eigenvalue weighted by molar-refractivity contribution is 6.31. The number of hydrogen-bond acceptors (Lipinski definition) is 4. The van der Waals surface area contributed by atoms with E-state index in [9.17, 15) is 4.79 Å². The topological polar surface area (TPSA) is 48.4 Å². The zero-order chi connectivity index (χ0) is 12.1. The lowest BCUT2D eigenvalue weighted by molar-refractivity contribution is -0.169. The van der Waals surface area contributed by atoms with E-state index in [0.29, 0.717) is 22.6 Å². The van der Waals surface area contributed by atoms with Crippen LogP contribution in [-0.2, 0) is 16.1 Å². The highest BCUT2D eigenvalue weighted by Gasteiger charge is 2.16. The zero-order valence-corrected chi connectivity index (χ0v) is 10.2. The van der Waals surface area contributed by atoms with Gasteiger partial charge in [-0.15, -0.1) is 0 Å². The van der Waals surface area contributed by atoms with Crippen molar-refractivity contribution >= 4 is 17.9 Å². The molecule has 17 heavy (non-hydrogen) atoms. The van der Waals surface area contributed by atoms with Crippen LogP contribution in [0.15, 0.2) is 12.3 Å². The van der Waals surface area contributed by atoms with E-state index in [-0.39, 0.29) is 12.9 Å². The Balaban J connectivity index is 2.00. The first-order valence-electron chi connectivity index (χ1n) is 5.63. The third kappa shape index (κ3) is 3.25. The summed E-state index contributed by atoms with van der Waals surface area (Å²) in [6.45, 7) is 0.984. The average molecular weight is 256 g/mol. The fourth-order valence-electron chi connectivity index (χ4n) is 1.75. The Hall–Kier alpha value is -0.970. The van der Waals surface area contributed by atoms with Crippen LogP contribution in [0.5, 0.6) is 0 Å². The first kappa shape index (κ1) is 12.5. The summed E-state index contributed by atoms with van der Waals surface area (Å²) in [7, 11) is 0. The van der Waals surface area contributed by atoms with Gasteiger partial charge in [0.2, 0.25) is 0 Å². The molecule has 1 aromatic heterocycles. The molecule has 0 aromatic carbocycles. The molecule has 1 aliphatic rings. The summed E-state index contributed by atoms with van der Waals surface area (Å²) in [5, 5.41) is 0.498. The SMILES string of the molecule is O=Cc1nccc(Cl)c1COC1CCCCO1. The lowest BCUT2D eigenvalue weighted by Crippen LogP contribution is -2.22. The van der Waals surface area contributed by atoms with Crippen molar-refractivity contribution in [3.8, 4) is 0 Å². The molecule has 0 bridgehead atoms. The van der Waals surface area contributed by atoms with E-state index in [1.165, 1.54) is 6.20 Å². The van der Waals surface area contributed by atoms with Crippen LogP contribution in [0.1, 0.15) is 35.3 Å². The molecular weight excluding hydrogens is 242 g/mol. The molecule has 1 unspecified atom stereocenters. The summed E-state index contributed by atoms with van der Waals surface area (Å²) >= 11 is 6.01. The number of nitrogens with zero attached hydrogens (tertiary/aromatic N) is 1. The van der Waals surface area contributed by atoms with Crippen molar-refractivity contribution in [2.75, 3.05) is 6.61 Å². The number of aldehydes is 1. The van der Waals surface area contributed by atoms with Crippen LogP contribution in [0.25, 0.3) is 0 Å². The summed E-state index contributed by atoms with van der Waals surface area (Å²) in [5.41, 5.74) is 0.951. The predicted molar refractivity (Wildman–Crippen MR) is 63.0 cm³/mol. The molecule has 1 fully saturated rings. The summed E-state index contributed by atoms with van der Waals surface area (Å²) < 4.78 is 11.0. The maximum atomic E-state index is 10.8. The number of hydrogen-bond donors (Lipinski definition) is 0. The van der Waals surface area contributed by atoms with E-state index < -0.39 is 0 Å². The summed E-state index contributed by atoms with van der Waals surface area (Å²) in [6.07, 6.45) is 5.06. The quantitative estimate of drug-likeness (QED) is 0.776. The van der Waals surface area contributed by atoms with Gasteiger partial charge >= 0.3 is 0 Å². The molecule has 0 aliphatic carbocycles. The predicted octanol–water partition coefficient (Wildman–Crippen LogP) is 2.59. The van der Waals surface area contributed by atoms with Gasteiger partial charge in [0.1, 0.15) is 5.69 Å². The number of ether oxygens (including phenoxy) is 2. The summed E-state index contributed by atoms with van der Waals surface area (Å²) in [6, 6.07) is 1.65. The van der Waals surface area contributed by atoms with Crippen LogP contribution < -0.4 is 0 Å². The number of pyridine rings is 1. The third-order valence-electron chi connectivity index (χ3n) is 2.70. The molecule has 1 atom stereocenters. The van der Waals surface area contributed by atoms with Crippen LogP contribution in [0, 0.1) is 0 Å². The molecule has 2 rings (SSSR count). The van der Waals surface area contributed by atoms with Gasteiger partial charge in [-0.2, -0.15) is 0 Å². The van der Waals surface area contributed by atoms with Gasteiger partial charge in [-0.05, 0) is 25.3 Å². The summed E-state index contributed by atoms with van der Waals surface area (Å²) in [5.74, 6) is 0. The van der Waals surface area contributed by atoms with Gasteiger partial charge in [0.15, 0.2) is 12.6 Å². The standard InChI is InChI=1S/C12H14ClNO3/c13-10-4-5-14-11(7-15)9(10)8-17-12-3-1-2-6-16-12/h4-5,7,12H,1-3,6,8H2. The molecule has 0 amide bonds. The Labute approximate surface area is 105 Å². The van der Waals surface area contributed by atoms with E-state index in [1.54, 1.807) is 6.07 Å². The third-order valence-corrected chi connectivity index (χ3v) is 3.05. The Kier molecular flexibility index (Phi) is 4.48. The highest BCUT2D eigenvalue weighted by atomic mass is 35.5. The Morgan fingerprint density at radius 2 is 2.47 bits per heavy atom. The normalized spacial score (nSPS) is 20.2. The van der Waals surface area contributed by atoms with Crippen molar-refractivity contribution in [1.29, 1.82) is 0 Å². The Bertz CT molecular complexity index is 391.